The molecule has 3 nitrogen and oxygen atoms in total. The zero-order chi connectivity index (χ0) is 17.1. The molecule has 4 heteroatoms. The summed E-state index contributed by atoms with van der Waals surface area (Å²) in [6.45, 7) is 2.00. The maximum atomic E-state index is 13.0. The molecule has 1 amide bonds. The van der Waals surface area contributed by atoms with E-state index in [1.165, 1.54) is 12.1 Å². The SMILES string of the molecule is Cc1ccc(-c2cccc(C(N)=O)c2)cc1Nc1ccc(F)cc1. The Morgan fingerprint density at radius 3 is 2.38 bits per heavy atom. The molecule has 24 heavy (non-hydrogen) atoms. The van der Waals surface area contributed by atoms with E-state index in [-0.39, 0.29) is 5.82 Å². The lowest BCUT2D eigenvalue weighted by atomic mass is 10.0. The van der Waals surface area contributed by atoms with Gasteiger partial charge in [0.1, 0.15) is 5.82 Å². The van der Waals surface area contributed by atoms with Gasteiger partial charge in [0, 0.05) is 16.9 Å². The van der Waals surface area contributed by atoms with E-state index in [1.54, 1.807) is 24.3 Å². The average Bonchev–Trinajstić information content (AvgIpc) is 2.59. The van der Waals surface area contributed by atoms with Crippen LogP contribution in [0.4, 0.5) is 15.8 Å². The minimum Gasteiger partial charge on any atom is -0.366 e. The van der Waals surface area contributed by atoms with Crippen LogP contribution in [0.3, 0.4) is 0 Å². The number of carbonyl (C=O) groups is 1. The second kappa shape index (κ2) is 6.54. The van der Waals surface area contributed by atoms with Gasteiger partial charge in [-0.1, -0.05) is 24.3 Å². The molecule has 0 aliphatic carbocycles. The molecule has 0 unspecified atom stereocenters. The molecule has 0 fully saturated rings. The summed E-state index contributed by atoms with van der Waals surface area (Å²) in [4.78, 5) is 11.4. The molecule has 3 rings (SSSR count). The number of nitrogens with two attached hydrogens (primary N) is 1. The number of rotatable bonds is 4. The summed E-state index contributed by atoms with van der Waals surface area (Å²) in [6.07, 6.45) is 0. The van der Waals surface area contributed by atoms with E-state index in [9.17, 15) is 9.18 Å². The molecule has 0 aliphatic rings. The average molecular weight is 320 g/mol. The lowest BCUT2D eigenvalue weighted by molar-refractivity contribution is 0.100. The van der Waals surface area contributed by atoms with Gasteiger partial charge in [0.05, 0.1) is 0 Å². The van der Waals surface area contributed by atoms with E-state index in [0.29, 0.717) is 5.56 Å². The van der Waals surface area contributed by atoms with Crippen LogP contribution in [-0.2, 0) is 0 Å². The molecular formula is C20H17FN2O. The first-order valence-electron chi connectivity index (χ1n) is 7.56. The summed E-state index contributed by atoms with van der Waals surface area (Å²) < 4.78 is 13.0. The van der Waals surface area contributed by atoms with Crippen molar-refractivity contribution in [3.05, 3.63) is 83.7 Å². The van der Waals surface area contributed by atoms with Crippen molar-refractivity contribution >= 4 is 17.3 Å². The van der Waals surface area contributed by atoms with Crippen molar-refractivity contribution in [3.63, 3.8) is 0 Å². The highest BCUT2D eigenvalue weighted by Crippen LogP contribution is 2.28. The second-order valence-corrected chi connectivity index (χ2v) is 5.61. The van der Waals surface area contributed by atoms with Gasteiger partial charge in [-0.15, -0.1) is 0 Å². The van der Waals surface area contributed by atoms with E-state index in [2.05, 4.69) is 5.32 Å². The van der Waals surface area contributed by atoms with Crippen molar-refractivity contribution in [1.82, 2.24) is 0 Å². The number of hydrogen-bond acceptors (Lipinski definition) is 2. The van der Waals surface area contributed by atoms with E-state index in [4.69, 9.17) is 5.73 Å². The number of primary amides is 1. The predicted molar refractivity (Wildman–Crippen MR) is 94.8 cm³/mol. The Morgan fingerprint density at radius 1 is 0.958 bits per heavy atom. The van der Waals surface area contributed by atoms with Gasteiger partial charge in [-0.2, -0.15) is 0 Å². The van der Waals surface area contributed by atoms with Crippen LogP contribution in [0.1, 0.15) is 15.9 Å². The zero-order valence-electron chi connectivity index (χ0n) is 13.2. The van der Waals surface area contributed by atoms with Crippen molar-refractivity contribution in [2.75, 3.05) is 5.32 Å². The number of benzene rings is 3. The van der Waals surface area contributed by atoms with Gasteiger partial charge in [-0.05, 0) is 66.1 Å². The number of halogens is 1. The first-order valence-corrected chi connectivity index (χ1v) is 7.56. The van der Waals surface area contributed by atoms with Crippen LogP contribution in [0, 0.1) is 12.7 Å². The van der Waals surface area contributed by atoms with Crippen LogP contribution in [0.5, 0.6) is 0 Å². The van der Waals surface area contributed by atoms with Gasteiger partial charge in [-0.25, -0.2) is 4.39 Å². The van der Waals surface area contributed by atoms with E-state index >= 15 is 0 Å². The minimum absolute atomic E-state index is 0.269. The van der Waals surface area contributed by atoms with Crippen LogP contribution in [-0.4, -0.2) is 5.91 Å². The van der Waals surface area contributed by atoms with Crippen LogP contribution in [0.2, 0.25) is 0 Å². The quantitative estimate of drug-likeness (QED) is 0.735. The molecule has 3 aromatic rings. The van der Waals surface area contributed by atoms with Crippen LogP contribution >= 0.6 is 0 Å². The summed E-state index contributed by atoms with van der Waals surface area (Å²) in [6, 6.07) is 19.4. The zero-order valence-corrected chi connectivity index (χ0v) is 13.2. The first-order chi connectivity index (χ1) is 11.5. The van der Waals surface area contributed by atoms with Crippen molar-refractivity contribution in [1.29, 1.82) is 0 Å². The molecule has 0 radical (unpaired) electrons. The van der Waals surface area contributed by atoms with E-state index < -0.39 is 5.91 Å². The Bertz CT molecular complexity index is 888. The summed E-state index contributed by atoms with van der Waals surface area (Å²) in [5, 5.41) is 3.29. The summed E-state index contributed by atoms with van der Waals surface area (Å²) in [5.74, 6) is -0.720. The third-order valence-corrected chi connectivity index (χ3v) is 3.84. The summed E-state index contributed by atoms with van der Waals surface area (Å²) in [5.41, 5.74) is 10.5. The highest BCUT2D eigenvalue weighted by Gasteiger charge is 2.06. The van der Waals surface area contributed by atoms with Crippen molar-refractivity contribution in [2.45, 2.75) is 6.92 Å². The number of nitrogens with one attached hydrogen (secondary N) is 1. The van der Waals surface area contributed by atoms with Gasteiger partial charge in [0.15, 0.2) is 0 Å². The largest absolute Gasteiger partial charge is 0.366 e. The molecule has 0 aromatic heterocycles. The maximum Gasteiger partial charge on any atom is 0.248 e. The molecule has 0 atom stereocenters. The number of aryl methyl sites for hydroxylation is 1. The van der Waals surface area contributed by atoms with Crippen LogP contribution < -0.4 is 11.1 Å². The van der Waals surface area contributed by atoms with Gasteiger partial charge >= 0.3 is 0 Å². The molecule has 3 aromatic carbocycles. The van der Waals surface area contributed by atoms with Gasteiger partial charge in [0.25, 0.3) is 0 Å². The Kier molecular flexibility index (Phi) is 4.29. The van der Waals surface area contributed by atoms with Crippen molar-refractivity contribution < 1.29 is 9.18 Å². The molecular weight excluding hydrogens is 303 g/mol. The van der Waals surface area contributed by atoms with Gasteiger partial charge in [-0.3, -0.25) is 4.79 Å². The topological polar surface area (TPSA) is 55.1 Å². The second-order valence-electron chi connectivity index (χ2n) is 5.61. The monoisotopic (exact) mass is 320 g/mol. The highest BCUT2D eigenvalue weighted by molar-refractivity contribution is 5.94. The first kappa shape index (κ1) is 15.7. The molecule has 3 N–H and O–H groups in total. The fourth-order valence-electron chi connectivity index (χ4n) is 2.48. The maximum absolute atomic E-state index is 13.0. The fourth-order valence-corrected chi connectivity index (χ4v) is 2.48. The number of anilines is 2. The highest BCUT2D eigenvalue weighted by atomic mass is 19.1. The lowest BCUT2D eigenvalue weighted by Crippen LogP contribution is -2.10. The standard InChI is InChI=1S/C20H17FN2O/c1-13-5-6-15(14-3-2-4-16(11-14)20(22)24)12-19(13)23-18-9-7-17(21)8-10-18/h2-12,23H,1H3,(H2,22,24). The Hall–Kier alpha value is -3.14. The van der Waals surface area contributed by atoms with Gasteiger partial charge in [0.2, 0.25) is 5.91 Å². The molecule has 0 heterocycles. The molecule has 120 valence electrons. The normalized spacial score (nSPS) is 10.4. The summed E-state index contributed by atoms with van der Waals surface area (Å²) >= 11 is 0. The Morgan fingerprint density at radius 2 is 1.67 bits per heavy atom. The smallest absolute Gasteiger partial charge is 0.248 e. The van der Waals surface area contributed by atoms with Crippen molar-refractivity contribution in [2.24, 2.45) is 5.73 Å². The van der Waals surface area contributed by atoms with Crippen LogP contribution in [0.25, 0.3) is 11.1 Å². The van der Waals surface area contributed by atoms with Crippen molar-refractivity contribution in [3.8, 4) is 11.1 Å². The molecule has 0 spiro atoms. The third-order valence-electron chi connectivity index (χ3n) is 3.84. The molecule has 0 saturated heterocycles. The fraction of sp³-hybridized carbons (Fsp3) is 0.0500. The minimum atomic E-state index is -0.450. The summed E-state index contributed by atoms with van der Waals surface area (Å²) in [7, 11) is 0. The predicted octanol–water partition coefficient (Wildman–Crippen LogP) is 4.64. The van der Waals surface area contributed by atoms with E-state index in [1.807, 2.05) is 37.3 Å². The Labute approximate surface area is 139 Å². The number of carbonyl (C=O) groups excluding carboxylic acids is 1. The molecule has 0 bridgehead atoms. The van der Waals surface area contributed by atoms with Gasteiger partial charge < -0.3 is 11.1 Å². The third kappa shape index (κ3) is 3.43. The lowest BCUT2D eigenvalue weighted by Gasteiger charge is -2.12. The molecule has 0 aliphatic heterocycles. The van der Waals surface area contributed by atoms with E-state index in [0.717, 1.165) is 28.1 Å². The number of amides is 1. The van der Waals surface area contributed by atoms with Crippen LogP contribution in [0.15, 0.2) is 66.7 Å². The molecule has 0 saturated carbocycles. The Balaban J connectivity index is 1.95. The number of hydrogen-bond donors (Lipinski definition) is 2.